The van der Waals surface area contributed by atoms with Gasteiger partial charge in [-0.05, 0) is 12.8 Å². The number of allylic oxidation sites excluding steroid dienone is 2. The van der Waals surface area contributed by atoms with E-state index < -0.39 is 4.92 Å². The van der Waals surface area contributed by atoms with E-state index in [1.54, 1.807) is 0 Å². The second-order valence-electron chi connectivity index (χ2n) is 2.52. The van der Waals surface area contributed by atoms with Crippen LogP contribution in [0.3, 0.4) is 0 Å². The maximum Gasteiger partial charge on any atom is 0.270 e. The molecule has 6 heteroatoms. The predicted octanol–water partition coefficient (Wildman–Crippen LogP) is 0.448. The third kappa shape index (κ3) is 1.36. The fraction of sp³-hybridized carbons (Fsp3) is 0.500. The van der Waals surface area contributed by atoms with Crippen molar-refractivity contribution in [3.63, 3.8) is 0 Å². The summed E-state index contributed by atoms with van der Waals surface area (Å²) in [4.78, 5) is 9.83. The molecular weight excluding hydrogens is 162 g/mol. The quantitative estimate of drug-likeness (QED) is 0.339. The van der Waals surface area contributed by atoms with Crippen molar-refractivity contribution in [3.8, 4) is 0 Å². The monoisotopic (exact) mass is 171 g/mol. The lowest BCUT2D eigenvalue weighted by molar-refractivity contribution is -0.429. The fourth-order valence-corrected chi connectivity index (χ4v) is 1.15. The molecule has 1 rings (SSSR count). The summed E-state index contributed by atoms with van der Waals surface area (Å²) in [6.07, 6.45) is 1.45. The molecule has 0 aromatic rings. The Balaban J connectivity index is 3.03. The molecule has 66 valence electrons. The number of nitrogens with zero attached hydrogens (tertiary/aromatic N) is 2. The Morgan fingerprint density at radius 2 is 2.25 bits per heavy atom. The lowest BCUT2D eigenvalue weighted by Crippen LogP contribution is -2.22. The zero-order chi connectivity index (χ0) is 9.14. The summed E-state index contributed by atoms with van der Waals surface area (Å²) in [6, 6.07) is 0. The van der Waals surface area contributed by atoms with Crippen LogP contribution in [0.1, 0.15) is 19.3 Å². The topological polar surface area (TPSA) is 102 Å². The van der Waals surface area contributed by atoms with Crippen LogP contribution < -0.4 is 5.73 Å². The first-order valence-electron chi connectivity index (χ1n) is 3.51. The van der Waals surface area contributed by atoms with E-state index in [-0.39, 0.29) is 17.1 Å². The molecule has 6 nitrogen and oxygen atoms in total. The zero-order valence-electron chi connectivity index (χ0n) is 6.36. The fourth-order valence-electron chi connectivity index (χ4n) is 1.15. The van der Waals surface area contributed by atoms with E-state index in [4.69, 9.17) is 10.9 Å². The normalized spacial score (nSPS) is 21.5. The first kappa shape index (κ1) is 8.51. The number of rotatable bonds is 1. The minimum absolute atomic E-state index is 0.00810. The lowest BCUT2D eigenvalue weighted by Gasteiger charge is -2.10. The Bertz CT molecular complexity index is 269. The molecule has 0 aliphatic heterocycles. The molecule has 0 aromatic carbocycles. The zero-order valence-corrected chi connectivity index (χ0v) is 6.36. The van der Waals surface area contributed by atoms with Gasteiger partial charge in [0.05, 0.1) is 4.92 Å². The molecule has 1 aliphatic carbocycles. The van der Waals surface area contributed by atoms with Crippen molar-refractivity contribution in [3.05, 3.63) is 21.5 Å². The lowest BCUT2D eigenvalue weighted by atomic mass is 10.0. The number of nitrogens with two attached hydrogens (primary N) is 1. The third-order valence-electron chi connectivity index (χ3n) is 1.79. The Morgan fingerprint density at radius 1 is 1.58 bits per heavy atom. The summed E-state index contributed by atoms with van der Waals surface area (Å²) in [5, 5.41) is 21.7. The average Bonchev–Trinajstić information content (AvgIpc) is 2.04. The standard InChI is InChI=1S/C6H9N3O3/c7-6-4(8-10)2-1-3-5(6)9(11)12/h10H,1-3,7H2/b8-4-. The van der Waals surface area contributed by atoms with Crippen LogP contribution in [-0.4, -0.2) is 15.8 Å². The summed E-state index contributed by atoms with van der Waals surface area (Å²) < 4.78 is 0. The molecule has 0 aromatic heterocycles. The van der Waals surface area contributed by atoms with Crippen molar-refractivity contribution in [2.24, 2.45) is 10.9 Å². The first-order chi connectivity index (χ1) is 5.66. The van der Waals surface area contributed by atoms with Gasteiger partial charge in [0.25, 0.3) is 5.70 Å². The molecule has 0 radical (unpaired) electrons. The van der Waals surface area contributed by atoms with Crippen LogP contribution in [0.2, 0.25) is 0 Å². The van der Waals surface area contributed by atoms with E-state index in [1.165, 1.54) is 0 Å². The summed E-state index contributed by atoms with van der Waals surface area (Å²) in [5.74, 6) is 0. The van der Waals surface area contributed by atoms with Crippen LogP contribution in [0, 0.1) is 10.1 Å². The van der Waals surface area contributed by atoms with E-state index in [0.717, 1.165) is 0 Å². The molecule has 0 fully saturated rings. The van der Waals surface area contributed by atoms with Crippen LogP contribution in [0.4, 0.5) is 0 Å². The van der Waals surface area contributed by atoms with Gasteiger partial charge in [-0.2, -0.15) is 0 Å². The van der Waals surface area contributed by atoms with Gasteiger partial charge < -0.3 is 10.9 Å². The molecule has 0 bridgehead atoms. The number of hydrogen-bond donors (Lipinski definition) is 2. The van der Waals surface area contributed by atoms with Crippen molar-refractivity contribution in [1.82, 2.24) is 0 Å². The maximum atomic E-state index is 10.4. The van der Waals surface area contributed by atoms with Gasteiger partial charge in [0.2, 0.25) is 0 Å². The molecule has 3 N–H and O–H groups in total. The SMILES string of the molecule is NC1=C([N+](=O)[O-])CCC/C1=N/O. The minimum atomic E-state index is -0.528. The van der Waals surface area contributed by atoms with E-state index in [2.05, 4.69) is 5.16 Å². The highest BCUT2D eigenvalue weighted by Gasteiger charge is 2.24. The van der Waals surface area contributed by atoms with Gasteiger partial charge in [-0.3, -0.25) is 10.1 Å². The van der Waals surface area contributed by atoms with Gasteiger partial charge in [-0.1, -0.05) is 5.16 Å². The molecule has 0 atom stereocenters. The highest BCUT2D eigenvalue weighted by molar-refractivity contribution is 5.99. The number of hydrogen-bond acceptors (Lipinski definition) is 5. The third-order valence-corrected chi connectivity index (χ3v) is 1.79. The Hall–Kier alpha value is -1.59. The molecule has 0 amide bonds. The van der Waals surface area contributed by atoms with Crippen LogP contribution in [0.15, 0.2) is 16.5 Å². The van der Waals surface area contributed by atoms with Gasteiger partial charge in [0.1, 0.15) is 11.4 Å². The number of oxime groups is 1. The Morgan fingerprint density at radius 3 is 2.75 bits per heavy atom. The average molecular weight is 171 g/mol. The molecule has 0 heterocycles. The maximum absolute atomic E-state index is 10.4. The molecule has 1 aliphatic rings. The molecular formula is C6H9N3O3. The van der Waals surface area contributed by atoms with Crippen molar-refractivity contribution in [2.45, 2.75) is 19.3 Å². The van der Waals surface area contributed by atoms with Crippen LogP contribution >= 0.6 is 0 Å². The smallest absolute Gasteiger partial charge is 0.270 e. The van der Waals surface area contributed by atoms with Crippen molar-refractivity contribution < 1.29 is 10.1 Å². The number of nitro groups is 1. The van der Waals surface area contributed by atoms with E-state index in [0.29, 0.717) is 19.3 Å². The molecule has 0 unspecified atom stereocenters. The second-order valence-corrected chi connectivity index (χ2v) is 2.52. The van der Waals surface area contributed by atoms with Crippen LogP contribution in [0.5, 0.6) is 0 Å². The van der Waals surface area contributed by atoms with Gasteiger partial charge in [-0.25, -0.2) is 0 Å². The molecule has 12 heavy (non-hydrogen) atoms. The minimum Gasteiger partial charge on any atom is -0.411 e. The predicted molar refractivity (Wildman–Crippen MR) is 41.3 cm³/mol. The van der Waals surface area contributed by atoms with Crippen molar-refractivity contribution >= 4 is 5.71 Å². The van der Waals surface area contributed by atoms with Crippen molar-refractivity contribution in [1.29, 1.82) is 0 Å². The Kier molecular flexibility index (Phi) is 2.27. The highest BCUT2D eigenvalue weighted by atomic mass is 16.6. The largest absolute Gasteiger partial charge is 0.411 e. The summed E-state index contributed by atoms with van der Waals surface area (Å²) in [6.45, 7) is 0. The molecule has 0 saturated carbocycles. The van der Waals surface area contributed by atoms with Crippen LogP contribution in [0.25, 0.3) is 0 Å². The van der Waals surface area contributed by atoms with Gasteiger partial charge in [0, 0.05) is 6.42 Å². The van der Waals surface area contributed by atoms with E-state index in [1.807, 2.05) is 0 Å². The first-order valence-corrected chi connectivity index (χ1v) is 3.51. The van der Waals surface area contributed by atoms with Gasteiger partial charge in [-0.15, -0.1) is 0 Å². The molecule has 0 spiro atoms. The summed E-state index contributed by atoms with van der Waals surface area (Å²) in [5.41, 5.74) is 5.56. The Labute approximate surface area is 68.5 Å². The van der Waals surface area contributed by atoms with Gasteiger partial charge in [0.15, 0.2) is 0 Å². The van der Waals surface area contributed by atoms with E-state index >= 15 is 0 Å². The molecule has 0 saturated heterocycles. The summed E-state index contributed by atoms with van der Waals surface area (Å²) in [7, 11) is 0. The second kappa shape index (κ2) is 3.21. The highest BCUT2D eigenvalue weighted by Crippen LogP contribution is 2.19. The van der Waals surface area contributed by atoms with Crippen LogP contribution in [-0.2, 0) is 0 Å². The van der Waals surface area contributed by atoms with Crippen molar-refractivity contribution in [2.75, 3.05) is 0 Å². The summed E-state index contributed by atoms with van der Waals surface area (Å²) >= 11 is 0. The van der Waals surface area contributed by atoms with Gasteiger partial charge >= 0.3 is 0 Å². The van der Waals surface area contributed by atoms with E-state index in [9.17, 15) is 10.1 Å².